The van der Waals surface area contributed by atoms with Crippen LogP contribution in [0.3, 0.4) is 0 Å². The molecule has 0 aromatic rings. The van der Waals surface area contributed by atoms with Crippen molar-refractivity contribution in [2.45, 2.75) is 19.9 Å². The van der Waals surface area contributed by atoms with Crippen molar-refractivity contribution in [1.29, 1.82) is 0 Å². The highest BCUT2D eigenvalue weighted by molar-refractivity contribution is 5.81. The number of carbonyl (C=O) groups excluding carboxylic acids is 1. The lowest BCUT2D eigenvalue weighted by atomic mass is 10.3. The molecule has 0 bridgehead atoms. The predicted octanol–water partition coefficient (Wildman–Crippen LogP) is 0.303. The van der Waals surface area contributed by atoms with Gasteiger partial charge in [-0.15, -0.1) is 0 Å². The number of ether oxygens (including phenoxy) is 1. The second-order valence-corrected chi connectivity index (χ2v) is 2.98. The minimum Gasteiger partial charge on any atom is -0.383 e. The van der Waals surface area contributed by atoms with Gasteiger partial charge in [-0.1, -0.05) is 12.2 Å². The highest BCUT2D eigenvalue weighted by atomic mass is 16.5. The minimum atomic E-state index is -0.164. The van der Waals surface area contributed by atoms with Crippen molar-refractivity contribution in [3.63, 3.8) is 0 Å². The molecular weight excluding hydrogens is 180 g/mol. The van der Waals surface area contributed by atoms with Crippen molar-refractivity contribution < 1.29 is 9.53 Å². The quantitative estimate of drug-likeness (QED) is 0.459. The molecule has 4 heteroatoms. The van der Waals surface area contributed by atoms with Crippen molar-refractivity contribution in [1.82, 2.24) is 10.6 Å². The van der Waals surface area contributed by atoms with Gasteiger partial charge in [-0.3, -0.25) is 4.79 Å². The van der Waals surface area contributed by atoms with E-state index in [0.29, 0.717) is 13.2 Å². The van der Waals surface area contributed by atoms with E-state index >= 15 is 0 Å². The van der Waals surface area contributed by atoms with Crippen molar-refractivity contribution in [3.05, 3.63) is 12.2 Å². The first kappa shape index (κ1) is 13.1. The summed E-state index contributed by atoms with van der Waals surface area (Å²) < 4.78 is 4.82. The van der Waals surface area contributed by atoms with Crippen LogP contribution in [0.15, 0.2) is 12.2 Å². The van der Waals surface area contributed by atoms with Crippen molar-refractivity contribution in [2.75, 3.05) is 26.8 Å². The van der Waals surface area contributed by atoms with E-state index < -0.39 is 0 Å². The van der Waals surface area contributed by atoms with Gasteiger partial charge in [-0.25, -0.2) is 0 Å². The van der Waals surface area contributed by atoms with E-state index in [1.807, 2.05) is 26.0 Å². The molecule has 2 N–H and O–H groups in total. The first-order valence-corrected chi connectivity index (χ1v) is 4.83. The third kappa shape index (κ3) is 6.62. The molecule has 0 aliphatic heterocycles. The van der Waals surface area contributed by atoms with Gasteiger partial charge in [0.25, 0.3) is 0 Å². The molecule has 14 heavy (non-hydrogen) atoms. The number of hydrogen-bond donors (Lipinski definition) is 2. The summed E-state index contributed by atoms with van der Waals surface area (Å²) in [5.74, 6) is 0.00607. The molecule has 1 unspecified atom stereocenters. The summed E-state index contributed by atoms with van der Waals surface area (Å²) in [7, 11) is 1.61. The summed E-state index contributed by atoms with van der Waals surface area (Å²) in [5.41, 5.74) is 0. The zero-order valence-electron chi connectivity index (χ0n) is 9.17. The van der Waals surface area contributed by atoms with E-state index in [9.17, 15) is 4.79 Å². The average molecular weight is 200 g/mol. The summed E-state index contributed by atoms with van der Waals surface area (Å²) in [6.07, 6.45) is 3.92. The molecule has 0 aliphatic carbocycles. The molecule has 0 saturated heterocycles. The Labute approximate surface area is 85.7 Å². The van der Waals surface area contributed by atoms with Gasteiger partial charge in [0, 0.05) is 20.2 Å². The van der Waals surface area contributed by atoms with Gasteiger partial charge in [0.2, 0.25) is 5.91 Å². The number of rotatable bonds is 7. The zero-order chi connectivity index (χ0) is 10.8. The molecule has 82 valence electrons. The molecule has 0 saturated carbocycles. The summed E-state index contributed by atoms with van der Waals surface area (Å²) in [6.45, 7) is 5.62. The van der Waals surface area contributed by atoms with Crippen LogP contribution in [-0.2, 0) is 9.53 Å². The van der Waals surface area contributed by atoms with Crippen molar-refractivity contribution in [2.24, 2.45) is 0 Å². The number of methoxy groups -OCH3 is 1. The van der Waals surface area contributed by atoms with Crippen LogP contribution >= 0.6 is 0 Å². The fourth-order valence-electron chi connectivity index (χ4n) is 0.885. The average Bonchev–Trinajstić information content (AvgIpc) is 2.18. The topological polar surface area (TPSA) is 50.4 Å². The fraction of sp³-hybridized carbons (Fsp3) is 0.700. The number of amides is 1. The van der Waals surface area contributed by atoms with E-state index in [4.69, 9.17) is 4.74 Å². The molecule has 1 amide bonds. The van der Waals surface area contributed by atoms with Gasteiger partial charge in [-0.05, 0) is 13.8 Å². The molecule has 0 radical (unpaired) electrons. The number of hydrogen-bond acceptors (Lipinski definition) is 3. The Hall–Kier alpha value is -0.870. The first-order valence-electron chi connectivity index (χ1n) is 4.83. The van der Waals surface area contributed by atoms with Crippen LogP contribution in [-0.4, -0.2) is 38.8 Å². The van der Waals surface area contributed by atoms with E-state index in [1.54, 1.807) is 7.11 Å². The SMILES string of the molecule is C/C=C/CNC(C)C(=O)NCCOC. The van der Waals surface area contributed by atoms with Crippen molar-refractivity contribution >= 4 is 5.91 Å². The molecular formula is C10H20N2O2. The predicted molar refractivity (Wildman–Crippen MR) is 57.2 cm³/mol. The Kier molecular flexibility index (Phi) is 8.17. The highest BCUT2D eigenvalue weighted by Crippen LogP contribution is 1.81. The monoisotopic (exact) mass is 200 g/mol. The minimum absolute atomic E-state index is 0.00607. The van der Waals surface area contributed by atoms with Crippen LogP contribution in [0.2, 0.25) is 0 Å². The van der Waals surface area contributed by atoms with Gasteiger partial charge in [-0.2, -0.15) is 0 Å². The fourth-order valence-corrected chi connectivity index (χ4v) is 0.885. The first-order chi connectivity index (χ1) is 6.72. The molecule has 0 aromatic heterocycles. The Morgan fingerprint density at radius 3 is 2.86 bits per heavy atom. The maximum absolute atomic E-state index is 11.4. The maximum atomic E-state index is 11.4. The van der Waals surface area contributed by atoms with Gasteiger partial charge in [0.15, 0.2) is 0 Å². The molecule has 0 heterocycles. The van der Waals surface area contributed by atoms with Crippen molar-refractivity contribution in [3.8, 4) is 0 Å². The second-order valence-electron chi connectivity index (χ2n) is 2.98. The molecule has 0 rings (SSSR count). The summed E-state index contributed by atoms with van der Waals surface area (Å²) >= 11 is 0. The third-order valence-corrected chi connectivity index (χ3v) is 1.78. The molecule has 4 nitrogen and oxygen atoms in total. The Morgan fingerprint density at radius 2 is 2.29 bits per heavy atom. The van der Waals surface area contributed by atoms with E-state index in [-0.39, 0.29) is 11.9 Å². The number of allylic oxidation sites excluding steroid dienone is 1. The second kappa shape index (κ2) is 8.72. The van der Waals surface area contributed by atoms with E-state index in [0.717, 1.165) is 6.54 Å². The zero-order valence-corrected chi connectivity index (χ0v) is 9.17. The highest BCUT2D eigenvalue weighted by Gasteiger charge is 2.09. The van der Waals surface area contributed by atoms with E-state index in [1.165, 1.54) is 0 Å². The van der Waals surface area contributed by atoms with Gasteiger partial charge in [0.1, 0.15) is 0 Å². The van der Waals surface area contributed by atoms with Crippen LogP contribution in [0.25, 0.3) is 0 Å². The molecule has 0 aliphatic rings. The standard InChI is InChI=1S/C10H20N2O2/c1-4-5-6-11-9(2)10(13)12-7-8-14-3/h4-5,9,11H,6-8H2,1-3H3,(H,12,13)/b5-4+. The molecule has 0 aromatic carbocycles. The van der Waals surface area contributed by atoms with Crippen LogP contribution in [0.1, 0.15) is 13.8 Å². The maximum Gasteiger partial charge on any atom is 0.236 e. The lowest BCUT2D eigenvalue weighted by molar-refractivity contribution is -0.122. The van der Waals surface area contributed by atoms with Crippen LogP contribution in [0, 0.1) is 0 Å². The Balaban J connectivity index is 3.54. The third-order valence-electron chi connectivity index (χ3n) is 1.78. The van der Waals surface area contributed by atoms with Crippen LogP contribution < -0.4 is 10.6 Å². The van der Waals surface area contributed by atoms with E-state index in [2.05, 4.69) is 10.6 Å². The normalized spacial score (nSPS) is 13.1. The number of nitrogens with one attached hydrogen (secondary N) is 2. The summed E-state index contributed by atoms with van der Waals surface area (Å²) in [4.78, 5) is 11.4. The van der Waals surface area contributed by atoms with Gasteiger partial charge >= 0.3 is 0 Å². The largest absolute Gasteiger partial charge is 0.383 e. The lowest BCUT2D eigenvalue weighted by Gasteiger charge is -2.12. The molecule has 1 atom stereocenters. The molecule has 0 spiro atoms. The Morgan fingerprint density at radius 1 is 1.57 bits per heavy atom. The summed E-state index contributed by atoms with van der Waals surface area (Å²) in [5, 5.41) is 5.83. The van der Waals surface area contributed by atoms with Gasteiger partial charge < -0.3 is 15.4 Å². The smallest absolute Gasteiger partial charge is 0.236 e. The summed E-state index contributed by atoms with van der Waals surface area (Å²) in [6, 6.07) is -0.164. The van der Waals surface area contributed by atoms with Crippen LogP contribution in [0.5, 0.6) is 0 Å². The lowest BCUT2D eigenvalue weighted by Crippen LogP contribution is -2.43. The van der Waals surface area contributed by atoms with Gasteiger partial charge in [0.05, 0.1) is 12.6 Å². The molecule has 0 fully saturated rings. The number of carbonyl (C=O) groups is 1. The van der Waals surface area contributed by atoms with Crippen LogP contribution in [0.4, 0.5) is 0 Å². The Bertz CT molecular complexity index is 181.